The minimum absolute atomic E-state index is 0.0923. The average Bonchev–Trinajstić information content (AvgIpc) is 3.32. The fourth-order valence-corrected chi connectivity index (χ4v) is 9.27. The van der Waals surface area contributed by atoms with Crippen molar-refractivity contribution in [3.63, 3.8) is 0 Å². The predicted molar refractivity (Wildman–Crippen MR) is 289 cm³/mol. The van der Waals surface area contributed by atoms with Crippen LogP contribution in [0.15, 0.2) is 12.2 Å². The first kappa shape index (κ1) is 64.6. The maximum atomic E-state index is 12.9. The standard InChI is InChI=1S/C61H118O5/c1-4-7-10-13-16-19-22-25-28-30-31-32-34-36-39-42-45-48-51-54-60(62)65-58-59(57-64-56-53-50-47-44-41-38-35-29-26-23-20-17-14-11-8-5-2)66-61(63)55-52-49-46-43-40-37-33-27-24-21-18-15-12-9-6-3/h27,33,59H,4-26,28-32,34-58H2,1-3H3/b33-27-. The van der Waals surface area contributed by atoms with Crippen LogP contribution in [0.3, 0.4) is 0 Å². The van der Waals surface area contributed by atoms with E-state index in [2.05, 4.69) is 32.9 Å². The number of carbonyl (C=O) groups excluding carboxylic acids is 2. The van der Waals surface area contributed by atoms with Crippen LogP contribution in [0.25, 0.3) is 0 Å². The molecule has 0 spiro atoms. The highest BCUT2D eigenvalue weighted by Crippen LogP contribution is 2.17. The molecule has 0 heterocycles. The molecule has 0 fully saturated rings. The summed E-state index contributed by atoms with van der Waals surface area (Å²) in [5, 5.41) is 0. The van der Waals surface area contributed by atoms with E-state index in [4.69, 9.17) is 14.2 Å². The Morgan fingerprint density at radius 1 is 0.318 bits per heavy atom. The summed E-state index contributed by atoms with van der Waals surface area (Å²) < 4.78 is 17.5. The van der Waals surface area contributed by atoms with Crippen molar-refractivity contribution >= 4 is 11.9 Å². The summed E-state index contributed by atoms with van der Waals surface area (Å²) in [6.45, 7) is 7.91. The smallest absolute Gasteiger partial charge is 0.306 e. The molecule has 0 aromatic heterocycles. The predicted octanol–water partition coefficient (Wildman–Crippen LogP) is 20.6. The van der Waals surface area contributed by atoms with E-state index >= 15 is 0 Å². The molecular formula is C61H118O5. The van der Waals surface area contributed by atoms with Gasteiger partial charge in [0.2, 0.25) is 0 Å². The molecule has 0 saturated carbocycles. The number of carbonyl (C=O) groups is 2. The maximum absolute atomic E-state index is 12.9. The molecule has 1 atom stereocenters. The zero-order valence-electron chi connectivity index (χ0n) is 45.2. The quantitative estimate of drug-likeness (QED) is 0.0345. The van der Waals surface area contributed by atoms with Crippen LogP contribution < -0.4 is 0 Å². The van der Waals surface area contributed by atoms with E-state index in [1.807, 2.05) is 0 Å². The van der Waals surface area contributed by atoms with E-state index in [1.165, 1.54) is 263 Å². The number of rotatable bonds is 57. The molecule has 1 unspecified atom stereocenters. The topological polar surface area (TPSA) is 61.8 Å². The van der Waals surface area contributed by atoms with Gasteiger partial charge in [-0.2, -0.15) is 0 Å². The molecular weight excluding hydrogens is 813 g/mol. The van der Waals surface area contributed by atoms with E-state index < -0.39 is 6.10 Å². The fraction of sp³-hybridized carbons (Fsp3) is 0.934. The van der Waals surface area contributed by atoms with Gasteiger partial charge in [0, 0.05) is 19.4 Å². The van der Waals surface area contributed by atoms with Crippen molar-refractivity contribution in [3.8, 4) is 0 Å². The minimum atomic E-state index is -0.532. The Labute approximate surface area is 414 Å². The van der Waals surface area contributed by atoms with Crippen molar-refractivity contribution < 1.29 is 23.8 Å². The lowest BCUT2D eigenvalue weighted by atomic mass is 10.0. The van der Waals surface area contributed by atoms with Gasteiger partial charge in [-0.25, -0.2) is 0 Å². The summed E-state index contributed by atoms with van der Waals surface area (Å²) in [4.78, 5) is 25.5. The van der Waals surface area contributed by atoms with Crippen LogP contribution in [0.4, 0.5) is 0 Å². The largest absolute Gasteiger partial charge is 0.462 e. The Morgan fingerprint density at radius 3 is 0.924 bits per heavy atom. The molecule has 0 bridgehead atoms. The first-order chi connectivity index (χ1) is 32.6. The van der Waals surface area contributed by atoms with Gasteiger partial charge in [0.25, 0.3) is 0 Å². The molecule has 0 rings (SSSR count). The Hall–Kier alpha value is -1.36. The van der Waals surface area contributed by atoms with Crippen LogP contribution in [0, 0.1) is 0 Å². The second-order valence-corrected chi connectivity index (χ2v) is 20.6. The summed E-state index contributed by atoms with van der Waals surface area (Å²) in [6.07, 6.45) is 68.1. The van der Waals surface area contributed by atoms with Crippen molar-refractivity contribution in [3.05, 3.63) is 12.2 Å². The number of unbranched alkanes of at least 4 members (excludes halogenated alkanes) is 44. The monoisotopic (exact) mass is 931 g/mol. The molecule has 66 heavy (non-hydrogen) atoms. The zero-order chi connectivity index (χ0) is 47.7. The number of allylic oxidation sites excluding steroid dienone is 2. The van der Waals surface area contributed by atoms with Crippen molar-refractivity contribution in [2.45, 2.75) is 348 Å². The third-order valence-electron chi connectivity index (χ3n) is 13.8. The lowest BCUT2D eigenvalue weighted by Gasteiger charge is -2.18. The zero-order valence-corrected chi connectivity index (χ0v) is 45.2. The van der Waals surface area contributed by atoms with Gasteiger partial charge >= 0.3 is 11.9 Å². The van der Waals surface area contributed by atoms with Gasteiger partial charge in [0.05, 0.1) is 6.61 Å². The van der Waals surface area contributed by atoms with Crippen LogP contribution in [0.1, 0.15) is 342 Å². The summed E-state index contributed by atoms with van der Waals surface area (Å²) in [5.41, 5.74) is 0. The van der Waals surface area contributed by atoms with Crippen LogP contribution in [-0.4, -0.2) is 37.9 Å². The molecule has 392 valence electrons. The summed E-state index contributed by atoms with van der Waals surface area (Å²) in [7, 11) is 0. The highest BCUT2D eigenvalue weighted by molar-refractivity contribution is 5.70. The Balaban J connectivity index is 4.19. The Bertz CT molecular complexity index is 963. The molecule has 0 N–H and O–H groups in total. The molecule has 0 amide bonds. The summed E-state index contributed by atoms with van der Waals surface area (Å²) in [5.74, 6) is -0.378. The molecule has 5 nitrogen and oxygen atoms in total. The number of ether oxygens (including phenoxy) is 3. The van der Waals surface area contributed by atoms with Gasteiger partial charge in [-0.15, -0.1) is 0 Å². The Morgan fingerprint density at radius 2 is 0.591 bits per heavy atom. The lowest BCUT2D eigenvalue weighted by molar-refractivity contribution is -0.163. The van der Waals surface area contributed by atoms with E-state index in [9.17, 15) is 9.59 Å². The van der Waals surface area contributed by atoms with Crippen LogP contribution >= 0.6 is 0 Å². The SMILES string of the molecule is CCCCCCCC/C=C\CCCCCCCC(=O)OC(COCCCCCCCCCCCCCCCCCC)COC(=O)CCCCCCCCCCCCCCCCCCCCC. The molecule has 0 aliphatic heterocycles. The third kappa shape index (κ3) is 55.2. The molecule has 0 saturated heterocycles. The van der Waals surface area contributed by atoms with Crippen LogP contribution in [0.2, 0.25) is 0 Å². The van der Waals surface area contributed by atoms with Crippen LogP contribution in [0.5, 0.6) is 0 Å². The number of hydrogen-bond acceptors (Lipinski definition) is 5. The lowest BCUT2D eigenvalue weighted by Crippen LogP contribution is -2.30. The first-order valence-corrected chi connectivity index (χ1v) is 30.2. The van der Waals surface area contributed by atoms with Crippen molar-refractivity contribution in [2.75, 3.05) is 19.8 Å². The number of hydrogen-bond donors (Lipinski definition) is 0. The van der Waals surface area contributed by atoms with Gasteiger partial charge in [-0.3, -0.25) is 9.59 Å². The summed E-state index contributed by atoms with van der Waals surface area (Å²) in [6, 6.07) is 0. The third-order valence-corrected chi connectivity index (χ3v) is 13.8. The molecule has 0 aliphatic rings. The van der Waals surface area contributed by atoms with E-state index in [1.54, 1.807) is 0 Å². The second-order valence-electron chi connectivity index (χ2n) is 20.6. The van der Waals surface area contributed by atoms with Gasteiger partial charge in [0.1, 0.15) is 6.61 Å². The van der Waals surface area contributed by atoms with Crippen molar-refractivity contribution in [1.29, 1.82) is 0 Å². The van der Waals surface area contributed by atoms with Gasteiger partial charge in [-0.05, 0) is 44.9 Å². The van der Waals surface area contributed by atoms with E-state index in [-0.39, 0.29) is 18.5 Å². The van der Waals surface area contributed by atoms with E-state index in [0.29, 0.717) is 26.1 Å². The molecule has 5 heteroatoms. The van der Waals surface area contributed by atoms with Gasteiger partial charge in [-0.1, -0.05) is 296 Å². The highest BCUT2D eigenvalue weighted by Gasteiger charge is 2.17. The van der Waals surface area contributed by atoms with E-state index in [0.717, 1.165) is 44.9 Å². The number of esters is 2. The fourth-order valence-electron chi connectivity index (χ4n) is 9.27. The molecule has 0 aliphatic carbocycles. The highest BCUT2D eigenvalue weighted by atomic mass is 16.6. The first-order valence-electron chi connectivity index (χ1n) is 30.2. The van der Waals surface area contributed by atoms with Gasteiger partial charge < -0.3 is 14.2 Å². The average molecular weight is 932 g/mol. The Kier molecular flexibility index (Phi) is 56.8. The molecule has 0 radical (unpaired) electrons. The second kappa shape index (κ2) is 58.0. The van der Waals surface area contributed by atoms with Crippen molar-refractivity contribution in [1.82, 2.24) is 0 Å². The van der Waals surface area contributed by atoms with Crippen molar-refractivity contribution in [2.24, 2.45) is 0 Å². The van der Waals surface area contributed by atoms with Crippen LogP contribution in [-0.2, 0) is 23.8 Å². The minimum Gasteiger partial charge on any atom is -0.462 e. The molecule has 0 aromatic rings. The maximum Gasteiger partial charge on any atom is 0.306 e. The molecule has 0 aromatic carbocycles. The van der Waals surface area contributed by atoms with Gasteiger partial charge in [0.15, 0.2) is 6.10 Å². The summed E-state index contributed by atoms with van der Waals surface area (Å²) >= 11 is 0. The normalized spacial score (nSPS) is 12.1.